The number of amides is 1. The van der Waals surface area contributed by atoms with Crippen LogP contribution in [-0.4, -0.2) is 12.5 Å². The van der Waals surface area contributed by atoms with Gasteiger partial charge in [0, 0.05) is 12.2 Å². The third-order valence-electron chi connectivity index (χ3n) is 2.82. The van der Waals surface area contributed by atoms with Gasteiger partial charge in [0.25, 0.3) is 5.91 Å². The van der Waals surface area contributed by atoms with Gasteiger partial charge in [0.2, 0.25) is 0 Å². The third kappa shape index (κ3) is 3.01. The molecule has 2 rings (SSSR count). The second-order valence-corrected chi connectivity index (χ2v) is 5.05. The molecule has 4 heteroatoms. The first-order valence-corrected chi connectivity index (χ1v) is 6.90. The van der Waals surface area contributed by atoms with E-state index in [9.17, 15) is 4.79 Å². The van der Waals surface area contributed by atoms with Crippen LogP contribution in [0.15, 0.2) is 41.8 Å². The molecule has 19 heavy (non-hydrogen) atoms. The van der Waals surface area contributed by atoms with Gasteiger partial charge in [0.05, 0.1) is 17.4 Å². The van der Waals surface area contributed by atoms with E-state index in [1.54, 1.807) is 4.90 Å². The fourth-order valence-corrected chi connectivity index (χ4v) is 2.71. The molecule has 0 saturated heterocycles. The lowest BCUT2D eigenvalue weighted by atomic mass is 10.2. The van der Waals surface area contributed by atoms with Crippen molar-refractivity contribution in [2.45, 2.75) is 13.3 Å². The number of para-hydroxylation sites is 1. The molecule has 0 aliphatic heterocycles. The Labute approximate surface area is 116 Å². The first kappa shape index (κ1) is 13.3. The molecule has 0 fully saturated rings. The molecule has 96 valence electrons. The van der Waals surface area contributed by atoms with Crippen LogP contribution < -0.4 is 4.90 Å². The molecule has 1 aromatic heterocycles. The largest absolute Gasteiger partial charge is 0.307 e. The van der Waals surface area contributed by atoms with Crippen molar-refractivity contribution in [2.24, 2.45) is 0 Å². The molecule has 0 saturated carbocycles. The number of carbonyl (C=O) groups is 1. The fourth-order valence-electron chi connectivity index (χ4n) is 1.83. The van der Waals surface area contributed by atoms with Crippen molar-refractivity contribution in [1.29, 1.82) is 5.26 Å². The van der Waals surface area contributed by atoms with Gasteiger partial charge in [0.1, 0.15) is 0 Å². The van der Waals surface area contributed by atoms with E-state index in [-0.39, 0.29) is 5.91 Å². The Morgan fingerprint density at radius 1 is 1.32 bits per heavy atom. The molecule has 0 aliphatic rings. The van der Waals surface area contributed by atoms with Crippen LogP contribution >= 0.6 is 11.3 Å². The third-order valence-corrected chi connectivity index (χ3v) is 3.82. The van der Waals surface area contributed by atoms with Gasteiger partial charge in [-0.25, -0.2) is 0 Å². The van der Waals surface area contributed by atoms with Gasteiger partial charge in [0.15, 0.2) is 0 Å². The van der Waals surface area contributed by atoms with Gasteiger partial charge >= 0.3 is 0 Å². The lowest BCUT2D eigenvalue weighted by Crippen LogP contribution is -2.31. The van der Waals surface area contributed by atoms with Crippen LogP contribution in [0.3, 0.4) is 0 Å². The van der Waals surface area contributed by atoms with Crippen LogP contribution in [0.2, 0.25) is 0 Å². The van der Waals surface area contributed by atoms with Gasteiger partial charge in [-0.05, 0) is 36.1 Å². The summed E-state index contributed by atoms with van der Waals surface area (Å²) in [6.45, 7) is 2.34. The van der Waals surface area contributed by atoms with Crippen LogP contribution in [0, 0.1) is 18.3 Å². The number of carbonyl (C=O) groups excluding carboxylic acids is 1. The van der Waals surface area contributed by atoms with Crippen molar-refractivity contribution in [1.82, 2.24) is 0 Å². The molecule has 2 aromatic rings. The maximum atomic E-state index is 12.6. The number of nitriles is 1. The minimum Gasteiger partial charge on any atom is -0.307 e. The van der Waals surface area contributed by atoms with E-state index in [1.165, 1.54) is 11.3 Å². The molecule has 0 aliphatic carbocycles. The molecule has 0 unspecified atom stereocenters. The molecule has 1 amide bonds. The van der Waals surface area contributed by atoms with Crippen LogP contribution in [0.25, 0.3) is 0 Å². The Balaban J connectivity index is 2.31. The van der Waals surface area contributed by atoms with Crippen molar-refractivity contribution in [3.05, 3.63) is 52.2 Å². The molecule has 1 aromatic carbocycles. The minimum absolute atomic E-state index is 0.0334. The van der Waals surface area contributed by atoms with Crippen molar-refractivity contribution in [3.8, 4) is 6.07 Å². The van der Waals surface area contributed by atoms with E-state index in [0.717, 1.165) is 16.1 Å². The van der Waals surface area contributed by atoms with E-state index in [4.69, 9.17) is 5.26 Å². The molecule has 0 N–H and O–H groups in total. The van der Waals surface area contributed by atoms with Gasteiger partial charge < -0.3 is 4.90 Å². The first-order valence-electron chi connectivity index (χ1n) is 6.02. The first-order chi connectivity index (χ1) is 9.24. The van der Waals surface area contributed by atoms with E-state index in [0.29, 0.717) is 13.0 Å². The zero-order valence-electron chi connectivity index (χ0n) is 10.7. The SMILES string of the molecule is Cc1ccsc1C(=O)N(CCC#N)c1ccccc1. The summed E-state index contributed by atoms with van der Waals surface area (Å²) in [6, 6.07) is 13.5. The predicted molar refractivity (Wildman–Crippen MR) is 77.4 cm³/mol. The topological polar surface area (TPSA) is 44.1 Å². The molecular formula is C15H14N2OS. The summed E-state index contributed by atoms with van der Waals surface area (Å²) in [7, 11) is 0. The number of anilines is 1. The molecule has 1 heterocycles. The quantitative estimate of drug-likeness (QED) is 0.851. The Bertz CT molecular complexity index is 598. The molecule has 0 atom stereocenters. The maximum absolute atomic E-state index is 12.6. The molecule has 3 nitrogen and oxygen atoms in total. The Kier molecular flexibility index (Phi) is 4.32. The highest BCUT2D eigenvalue weighted by atomic mass is 32.1. The van der Waals surface area contributed by atoms with E-state index in [1.807, 2.05) is 48.7 Å². The normalized spacial score (nSPS) is 9.89. The fraction of sp³-hybridized carbons (Fsp3) is 0.200. The second-order valence-electron chi connectivity index (χ2n) is 4.13. The number of hydrogen-bond donors (Lipinski definition) is 0. The van der Waals surface area contributed by atoms with Crippen molar-refractivity contribution >= 4 is 22.9 Å². The van der Waals surface area contributed by atoms with Gasteiger partial charge in [-0.2, -0.15) is 5.26 Å². The summed E-state index contributed by atoms with van der Waals surface area (Å²) in [6.07, 6.45) is 0.324. The van der Waals surface area contributed by atoms with Crippen molar-refractivity contribution in [3.63, 3.8) is 0 Å². The van der Waals surface area contributed by atoms with Crippen LogP contribution in [-0.2, 0) is 0 Å². The number of nitrogens with zero attached hydrogens (tertiary/aromatic N) is 2. The monoisotopic (exact) mass is 270 g/mol. The summed E-state index contributed by atoms with van der Waals surface area (Å²) >= 11 is 1.44. The number of rotatable bonds is 4. The van der Waals surface area contributed by atoms with Gasteiger partial charge in [-0.15, -0.1) is 11.3 Å². The second kappa shape index (κ2) is 6.17. The van der Waals surface area contributed by atoms with Crippen LogP contribution in [0.1, 0.15) is 21.7 Å². The van der Waals surface area contributed by atoms with Gasteiger partial charge in [-0.3, -0.25) is 4.79 Å². The average molecular weight is 270 g/mol. The summed E-state index contributed by atoms with van der Waals surface area (Å²) < 4.78 is 0. The van der Waals surface area contributed by atoms with Gasteiger partial charge in [-0.1, -0.05) is 18.2 Å². The number of aryl methyl sites for hydroxylation is 1. The number of hydrogen-bond acceptors (Lipinski definition) is 3. The average Bonchev–Trinajstić information content (AvgIpc) is 2.86. The molecular weight excluding hydrogens is 256 g/mol. The number of benzene rings is 1. The standard InChI is InChI=1S/C15H14N2OS/c1-12-8-11-19-14(12)15(18)17(10-5-9-16)13-6-3-2-4-7-13/h2-4,6-8,11H,5,10H2,1H3. The Morgan fingerprint density at radius 2 is 2.05 bits per heavy atom. The molecule has 0 spiro atoms. The van der Waals surface area contributed by atoms with Crippen molar-refractivity contribution in [2.75, 3.05) is 11.4 Å². The number of thiophene rings is 1. The molecule has 0 bridgehead atoms. The molecule has 0 radical (unpaired) electrons. The summed E-state index contributed by atoms with van der Waals surface area (Å²) in [5, 5.41) is 10.7. The smallest absolute Gasteiger partial charge is 0.268 e. The van der Waals surface area contributed by atoms with E-state index < -0.39 is 0 Å². The highest BCUT2D eigenvalue weighted by Crippen LogP contribution is 2.22. The van der Waals surface area contributed by atoms with Crippen molar-refractivity contribution < 1.29 is 4.79 Å². The summed E-state index contributed by atoms with van der Waals surface area (Å²) in [5.41, 5.74) is 1.81. The zero-order chi connectivity index (χ0) is 13.7. The zero-order valence-corrected chi connectivity index (χ0v) is 11.5. The predicted octanol–water partition coefficient (Wildman–Crippen LogP) is 3.62. The highest BCUT2D eigenvalue weighted by molar-refractivity contribution is 7.12. The minimum atomic E-state index is -0.0334. The van der Waals surface area contributed by atoms with Crippen LogP contribution in [0.4, 0.5) is 5.69 Å². The lowest BCUT2D eigenvalue weighted by Gasteiger charge is -2.21. The Hall–Kier alpha value is -2.12. The van der Waals surface area contributed by atoms with E-state index in [2.05, 4.69) is 6.07 Å². The van der Waals surface area contributed by atoms with Crippen LogP contribution in [0.5, 0.6) is 0 Å². The maximum Gasteiger partial charge on any atom is 0.268 e. The summed E-state index contributed by atoms with van der Waals surface area (Å²) in [5.74, 6) is -0.0334. The Morgan fingerprint density at radius 3 is 2.63 bits per heavy atom. The lowest BCUT2D eigenvalue weighted by molar-refractivity contribution is 0.0991. The highest BCUT2D eigenvalue weighted by Gasteiger charge is 2.19. The van der Waals surface area contributed by atoms with E-state index >= 15 is 0 Å². The summed E-state index contributed by atoms with van der Waals surface area (Å²) in [4.78, 5) is 15.0.